The zero-order valence-corrected chi connectivity index (χ0v) is 7.57. The van der Waals surface area contributed by atoms with Crippen LogP contribution >= 0.6 is 0 Å². The van der Waals surface area contributed by atoms with Crippen molar-refractivity contribution in [2.75, 3.05) is 26.3 Å². The van der Waals surface area contributed by atoms with Gasteiger partial charge >= 0.3 is 0 Å². The van der Waals surface area contributed by atoms with Crippen LogP contribution in [-0.2, 0) is 11.2 Å². The molecule has 0 spiro atoms. The number of benzene rings is 1. The van der Waals surface area contributed by atoms with E-state index < -0.39 is 6.50 Å². The number of rotatable bonds is 2. The fraction of sp³-hybridized carbons (Fsp3) is 0.455. The molecule has 13 heavy (non-hydrogen) atoms. The van der Waals surface area contributed by atoms with Gasteiger partial charge in [-0.25, -0.2) is 0 Å². The van der Waals surface area contributed by atoms with Crippen molar-refractivity contribution in [3.8, 4) is 0 Å². The van der Waals surface area contributed by atoms with E-state index in [0.29, 0.717) is 31.9 Å². The average Bonchev–Trinajstić information content (AvgIpc) is 2.31. The second-order valence-electron chi connectivity index (χ2n) is 3.08. The average molecular weight is 179 g/mol. The molecule has 2 rings (SSSR count). The highest BCUT2D eigenvalue weighted by Gasteiger charge is 2.09. The summed E-state index contributed by atoms with van der Waals surface area (Å²) in [5.74, 6) is 0. The van der Waals surface area contributed by atoms with Crippen molar-refractivity contribution in [3.63, 3.8) is 0 Å². The molecule has 0 N–H and O–H groups in total. The monoisotopic (exact) mass is 179 g/mol. The van der Waals surface area contributed by atoms with Crippen molar-refractivity contribution in [2.24, 2.45) is 0 Å². The van der Waals surface area contributed by atoms with Gasteiger partial charge in [0.1, 0.15) is 0 Å². The number of morpholine rings is 1. The van der Waals surface area contributed by atoms with Gasteiger partial charge in [-0.2, -0.15) is 0 Å². The fourth-order valence-corrected chi connectivity index (χ4v) is 1.37. The van der Waals surface area contributed by atoms with Crippen LogP contribution in [0.2, 0.25) is 0 Å². The third kappa shape index (κ3) is 2.54. The van der Waals surface area contributed by atoms with Crippen LogP contribution in [0.25, 0.3) is 0 Å². The van der Waals surface area contributed by atoms with Crippen LogP contribution in [0.5, 0.6) is 0 Å². The van der Waals surface area contributed by atoms with E-state index in [1.165, 1.54) is 0 Å². The van der Waals surface area contributed by atoms with Gasteiger partial charge in [0.05, 0.1) is 13.2 Å². The van der Waals surface area contributed by atoms with Gasteiger partial charge in [0.25, 0.3) is 0 Å². The molecule has 1 aliphatic rings. The van der Waals surface area contributed by atoms with E-state index in [1.807, 2.05) is 35.2 Å². The molecule has 0 amide bonds. The Morgan fingerprint density at radius 3 is 2.62 bits per heavy atom. The van der Waals surface area contributed by atoms with E-state index in [-0.39, 0.29) is 0 Å². The molecule has 1 fully saturated rings. The Balaban J connectivity index is 2.18. The highest BCUT2D eigenvalue weighted by atomic mass is 16.5. The minimum absolute atomic E-state index is 0.617. The number of nitrogens with zero attached hydrogens (tertiary/aromatic N) is 1. The molecule has 2 heteroatoms. The molecule has 1 heterocycles. The SMILES string of the molecule is [2H]C([2H])(c1ccccc1)N1CCOCC1. The molecule has 1 aliphatic heterocycles. The first-order valence-corrected chi connectivity index (χ1v) is 4.59. The maximum atomic E-state index is 8.10. The van der Waals surface area contributed by atoms with Gasteiger partial charge < -0.3 is 4.74 Å². The normalized spacial score (nSPS) is 22.2. The van der Waals surface area contributed by atoms with Crippen molar-refractivity contribution in [1.82, 2.24) is 4.90 Å². The summed E-state index contributed by atoms with van der Waals surface area (Å²) in [6.45, 7) is 1.16. The summed E-state index contributed by atoms with van der Waals surface area (Å²) in [6.07, 6.45) is 0. The first-order valence-electron chi connectivity index (χ1n) is 5.59. The summed E-state index contributed by atoms with van der Waals surface area (Å²) in [5.41, 5.74) is 0.715. The van der Waals surface area contributed by atoms with Crippen LogP contribution < -0.4 is 0 Å². The Hall–Kier alpha value is -0.860. The van der Waals surface area contributed by atoms with Gasteiger partial charge in [0.2, 0.25) is 0 Å². The van der Waals surface area contributed by atoms with Crippen molar-refractivity contribution in [2.45, 2.75) is 6.50 Å². The van der Waals surface area contributed by atoms with Gasteiger partial charge in [-0.15, -0.1) is 0 Å². The van der Waals surface area contributed by atoms with Gasteiger partial charge in [0, 0.05) is 22.3 Å². The second-order valence-corrected chi connectivity index (χ2v) is 3.08. The predicted octanol–water partition coefficient (Wildman–Crippen LogP) is 1.52. The van der Waals surface area contributed by atoms with Crippen LogP contribution in [0.15, 0.2) is 30.3 Å². The lowest BCUT2D eigenvalue weighted by atomic mass is 10.2. The summed E-state index contributed by atoms with van der Waals surface area (Å²) in [5, 5.41) is 0. The highest BCUT2D eigenvalue weighted by Crippen LogP contribution is 2.05. The smallest absolute Gasteiger partial charge is 0.0594 e. The van der Waals surface area contributed by atoms with Crippen LogP contribution in [0, 0.1) is 0 Å². The van der Waals surface area contributed by atoms with Crippen LogP contribution in [0.4, 0.5) is 0 Å². The second kappa shape index (κ2) is 4.40. The molecule has 0 aliphatic carbocycles. The van der Waals surface area contributed by atoms with Gasteiger partial charge in [0.15, 0.2) is 0 Å². The molecule has 70 valence electrons. The van der Waals surface area contributed by atoms with Gasteiger partial charge in [-0.05, 0) is 5.56 Å². The van der Waals surface area contributed by atoms with E-state index in [9.17, 15) is 0 Å². The molecule has 0 radical (unpaired) electrons. The first kappa shape index (κ1) is 6.57. The molecule has 0 aromatic heterocycles. The minimum atomic E-state index is -1.38. The van der Waals surface area contributed by atoms with Crippen molar-refractivity contribution in [1.29, 1.82) is 0 Å². The zero-order valence-electron chi connectivity index (χ0n) is 9.57. The molecule has 0 saturated carbocycles. The van der Waals surface area contributed by atoms with Crippen LogP contribution in [0.3, 0.4) is 0 Å². The third-order valence-corrected chi connectivity index (χ3v) is 2.07. The number of hydrogen-bond acceptors (Lipinski definition) is 2. The lowest BCUT2D eigenvalue weighted by molar-refractivity contribution is 0.0342. The topological polar surface area (TPSA) is 12.5 Å². The minimum Gasteiger partial charge on any atom is -0.379 e. The molecule has 1 saturated heterocycles. The summed E-state index contributed by atoms with van der Waals surface area (Å²) in [7, 11) is 0. The van der Waals surface area contributed by atoms with Crippen molar-refractivity contribution < 1.29 is 7.48 Å². The van der Waals surface area contributed by atoms with Crippen molar-refractivity contribution >= 4 is 0 Å². The summed E-state index contributed by atoms with van der Waals surface area (Å²) in [4.78, 5) is 1.83. The molecule has 0 atom stereocenters. The molecular formula is C11H15NO. The molecular weight excluding hydrogens is 162 g/mol. The molecule has 1 aromatic rings. The lowest BCUT2D eigenvalue weighted by Gasteiger charge is -2.26. The maximum Gasteiger partial charge on any atom is 0.0594 e. The van der Waals surface area contributed by atoms with Crippen molar-refractivity contribution in [3.05, 3.63) is 35.9 Å². The van der Waals surface area contributed by atoms with E-state index in [0.717, 1.165) is 0 Å². The van der Waals surface area contributed by atoms with E-state index in [2.05, 4.69) is 0 Å². The maximum absolute atomic E-state index is 8.10. The standard InChI is InChI=1S/C11H15NO/c1-2-4-11(5-3-1)10-12-6-8-13-9-7-12/h1-5H,6-10H2/i10D2. The lowest BCUT2D eigenvalue weighted by Crippen LogP contribution is -2.35. The molecule has 2 nitrogen and oxygen atoms in total. The Morgan fingerprint density at radius 2 is 1.92 bits per heavy atom. The Kier molecular flexibility index (Phi) is 2.22. The highest BCUT2D eigenvalue weighted by molar-refractivity contribution is 5.14. The molecule has 0 unspecified atom stereocenters. The van der Waals surface area contributed by atoms with Crippen LogP contribution in [-0.4, -0.2) is 31.2 Å². The quantitative estimate of drug-likeness (QED) is 0.682. The summed E-state index contributed by atoms with van der Waals surface area (Å²) >= 11 is 0. The van der Waals surface area contributed by atoms with E-state index >= 15 is 0 Å². The summed E-state index contributed by atoms with van der Waals surface area (Å²) < 4.78 is 21.4. The third-order valence-electron chi connectivity index (χ3n) is 2.07. The Bertz CT molecular complexity index is 310. The summed E-state index contributed by atoms with van der Waals surface area (Å²) in [6, 6.07) is 9.30. The predicted molar refractivity (Wildman–Crippen MR) is 52.5 cm³/mol. The largest absolute Gasteiger partial charge is 0.379 e. The van der Waals surface area contributed by atoms with Gasteiger partial charge in [-0.1, -0.05) is 30.3 Å². The fourth-order valence-electron chi connectivity index (χ4n) is 1.37. The molecule has 0 bridgehead atoms. The first-order chi connectivity index (χ1) is 7.21. The Morgan fingerprint density at radius 1 is 1.23 bits per heavy atom. The zero-order chi connectivity index (χ0) is 10.7. The van der Waals surface area contributed by atoms with Gasteiger partial charge in [-0.3, -0.25) is 4.90 Å². The van der Waals surface area contributed by atoms with E-state index in [4.69, 9.17) is 7.48 Å². The van der Waals surface area contributed by atoms with Crippen LogP contribution in [0.1, 0.15) is 8.30 Å². The number of hydrogen-bond donors (Lipinski definition) is 0. The Labute approximate surface area is 81.9 Å². The van der Waals surface area contributed by atoms with E-state index in [1.54, 1.807) is 0 Å². The molecule has 1 aromatic carbocycles. The number of ether oxygens (including phenoxy) is 1.